The minimum absolute atomic E-state index is 0. The van der Waals surface area contributed by atoms with E-state index in [1.54, 1.807) is 6.20 Å². The highest BCUT2D eigenvalue weighted by molar-refractivity contribution is 5.95. The van der Waals surface area contributed by atoms with E-state index in [1.165, 1.54) is 18.4 Å². The quantitative estimate of drug-likeness (QED) is 0.894. The van der Waals surface area contributed by atoms with Gasteiger partial charge in [0.1, 0.15) is 0 Å². The van der Waals surface area contributed by atoms with Crippen LogP contribution in [0.25, 0.3) is 0 Å². The molecular weight excluding hydrogens is 348 g/mol. The van der Waals surface area contributed by atoms with Crippen molar-refractivity contribution in [2.75, 3.05) is 7.05 Å². The molecule has 5 nitrogen and oxygen atoms in total. The summed E-state index contributed by atoms with van der Waals surface area (Å²) >= 11 is 0. The van der Waals surface area contributed by atoms with E-state index in [2.05, 4.69) is 22.5 Å². The van der Waals surface area contributed by atoms with Crippen LogP contribution in [0.1, 0.15) is 47.3 Å². The topological polar surface area (TPSA) is 50.2 Å². The Morgan fingerprint density at radius 1 is 1.23 bits per heavy atom. The van der Waals surface area contributed by atoms with Gasteiger partial charge < -0.3 is 10.2 Å². The van der Waals surface area contributed by atoms with Crippen molar-refractivity contribution >= 4 is 18.3 Å². The van der Waals surface area contributed by atoms with Crippen LogP contribution in [0, 0.1) is 6.92 Å². The molecule has 0 aliphatic carbocycles. The maximum absolute atomic E-state index is 13.0. The molecule has 2 bridgehead atoms. The van der Waals surface area contributed by atoms with Crippen LogP contribution in [0.3, 0.4) is 0 Å². The fraction of sp³-hybridized carbons (Fsp3) is 0.500. The van der Waals surface area contributed by atoms with Gasteiger partial charge in [0.15, 0.2) is 0 Å². The van der Waals surface area contributed by atoms with Crippen molar-refractivity contribution in [3.8, 4) is 0 Å². The van der Waals surface area contributed by atoms with Crippen LogP contribution >= 0.6 is 12.4 Å². The van der Waals surface area contributed by atoms with Crippen molar-refractivity contribution in [2.24, 2.45) is 0 Å². The molecule has 2 fully saturated rings. The summed E-state index contributed by atoms with van der Waals surface area (Å²) in [7, 11) is 1.95. The first-order valence-electron chi connectivity index (χ1n) is 9.21. The first-order chi connectivity index (χ1) is 12.1. The van der Waals surface area contributed by atoms with Crippen LogP contribution in [-0.2, 0) is 6.54 Å². The number of aromatic nitrogens is 2. The zero-order valence-electron chi connectivity index (χ0n) is 15.4. The van der Waals surface area contributed by atoms with Crippen LogP contribution in [0.2, 0.25) is 0 Å². The monoisotopic (exact) mass is 374 g/mol. The second kappa shape index (κ2) is 7.80. The molecule has 140 valence electrons. The maximum atomic E-state index is 13.0. The normalized spacial score (nSPS) is 24.2. The van der Waals surface area contributed by atoms with Gasteiger partial charge in [-0.1, -0.05) is 30.3 Å². The molecular formula is C20H27ClN4O. The lowest BCUT2D eigenvalue weighted by molar-refractivity contribution is 0.0681. The Kier molecular flexibility index (Phi) is 5.68. The Morgan fingerprint density at radius 2 is 1.88 bits per heavy atom. The minimum atomic E-state index is 0. The highest BCUT2D eigenvalue weighted by Gasteiger charge is 2.37. The van der Waals surface area contributed by atoms with E-state index < -0.39 is 0 Å². The zero-order valence-corrected chi connectivity index (χ0v) is 16.2. The van der Waals surface area contributed by atoms with Gasteiger partial charge in [0.25, 0.3) is 5.91 Å². The molecule has 2 unspecified atom stereocenters. The molecule has 2 aliphatic heterocycles. The molecule has 6 heteroatoms. The molecule has 2 aliphatic rings. The summed E-state index contributed by atoms with van der Waals surface area (Å²) in [5, 5.41) is 8.10. The van der Waals surface area contributed by atoms with Crippen molar-refractivity contribution in [1.29, 1.82) is 0 Å². The second-order valence-electron chi connectivity index (χ2n) is 7.47. The summed E-state index contributed by atoms with van der Waals surface area (Å²) in [6.45, 7) is 2.68. The summed E-state index contributed by atoms with van der Waals surface area (Å²) < 4.78 is 1.92. The number of amides is 1. The lowest BCUT2D eigenvalue weighted by Crippen LogP contribution is -2.48. The number of benzene rings is 1. The number of nitrogens with zero attached hydrogens (tertiary/aromatic N) is 3. The Labute approximate surface area is 161 Å². The molecule has 2 saturated heterocycles. The van der Waals surface area contributed by atoms with Gasteiger partial charge >= 0.3 is 0 Å². The van der Waals surface area contributed by atoms with E-state index in [0.717, 1.165) is 24.1 Å². The molecule has 1 aromatic heterocycles. The summed E-state index contributed by atoms with van der Waals surface area (Å²) in [6.07, 6.45) is 6.35. The van der Waals surface area contributed by atoms with E-state index >= 15 is 0 Å². The highest BCUT2D eigenvalue weighted by Crippen LogP contribution is 2.30. The van der Waals surface area contributed by atoms with E-state index in [1.807, 2.05) is 41.8 Å². The fourth-order valence-corrected chi connectivity index (χ4v) is 4.27. The Balaban J connectivity index is 0.00000196. The maximum Gasteiger partial charge on any atom is 0.257 e. The van der Waals surface area contributed by atoms with E-state index in [0.29, 0.717) is 24.7 Å². The van der Waals surface area contributed by atoms with E-state index in [4.69, 9.17) is 0 Å². The number of carbonyl (C=O) groups is 1. The van der Waals surface area contributed by atoms with Gasteiger partial charge in [-0.2, -0.15) is 5.10 Å². The van der Waals surface area contributed by atoms with Crippen LogP contribution in [0.5, 0.6) is 0 Å². The molecule has 0 radical (unpaired) electrons. The standard InChI is InChI=1S/C20H26N4O.ClH/c1-14-19(12-21-24(14)13-15-6-4-3-5-7-15)20(25)23(2)18-10-16-8-9-17(11-18)22-16;/h3-7,12,16-18,22H,8-11,13H2,1-2H3;1H. The lowest BCUT2D eigenvalue weighted by Gasteiger charge is -2.35. The summed E-state index contributed by atoms with van der Waals surface area (Å²) in [5.41, 5.74) is 2.86. The van der Waals surface area contributed by atoms with Crippen LogP contribution in [-0.4, -0.2) is 45.8 Å². The van der Waals surface area contributed by atoms with E-state index in [-0.39, 0.29) is 18.3 Å². The largest absolute Gasteiger partial charge is 0.338 e. The van der Waals surface area contributed by atoms with Crippen LogP contribution in [0.4, 0.5) is 0 Å². The summed E-state index contributed by atoms with van der Waals surface area (Å²) in [5.74, 6) is 0.100. The predicted octanol–water partition coefficient (Wildman–Crippen LogP) is 3.02. The number of nitrogens with one attached hydrogen (secondary N) is 1. The fourth-order valence-electron chi connectivity index (χ4n) is 4.27. The lowest BCUT2D eigenvalue weighted by atomic mass is 9.98. The number of piperidine rings is 1. The number of hydrogen-bond donors (Lipinski definition) is 1. The minimum Gasteiger partial charge on any atom is -0.338 e. The smallest absolute Gasteiger partial charge is 0.257 e. The van der Waals surface area contributed by atoms with Gasteiger partial charge in [-0.15, -0.1) is 12.4 Å². The molecule has 2 aromatic rings. The average molecular weight is 375 g/mol. The third kappa shape index (κ3) is 3.64. The van der Waals surface area contributed by atoms with Gasteiger partial charge in [0.05, 0.1) is 18.3 Å². The van der Waals surface area contributed by atoms with Gasteiger partial charge in [-0.25, -0.2) is 0 Å². The number of halogens is 1. The summed E-state index contributed by atoms with van der Waals surface area (Å²) in [4.78, 5) is 15.0. The van der Waals surface area contributed by atoms with Crippen molar-refractivity contribution < 1.29 is 4.79 Å². The molecule has 26 heavy (non-hydrogen) atoms. The number of carbonyl (C=O) groups excluding carboxylic acids is 1. The molecule has 4 rings (SSSR count). The highest BCUT2D eigenvalue weighted by atomic mass is 35.5. The van der Waals surface area contributed by atoms with Crippen molar-refractivity contribution in [1.82, 2.24) is 20.0 Å². The first kappa shape index (κ1) is 18.9. The number of hydrogen-bond acceptors (Lipinski definition) is 3. The van der Waals surface area contributed by atoms with Gasteiger partial charge in [0, 0.05) is 30.9 Å². The molecule has 0 spiro atoms. The Morgan fingerprint density at radius 3 is 2.54 bits per heavy atom. The number of rotatable bonds is 4. The average Bonchev–Trinajstić information content (AvgIpc) is 3.16. The molecule has 1 aromatic carbocycles. The third-order valence-electron chi connectivity index (χ3n) is 5.83. The third-order valence-corrected chi connectivity index (χ3v) is 5.83. The molecule has 3 heterocycles. The zero-order chi connectivity index (χ0) is 17.4. The van der Waals surface area contributed by atoms with Gasteiger partial charge in [-0.3, -0.25) is 9.48 Å². The molecule has 1 N–H and O–H groups in total. The van der Waals surface area contributed by atoms with Crippen LogP contribution in [0.15, 0.2) is 36.5 Å². The molecule has 2 atom stereocenters. The van der Waals surface area contributed by atoms with Crippen molar-refractivity contribution in [3.05, 3.63) is 53.3 Å². The van der Waals surface area contributed by atoms with Crippen molar-refractivity contribution in [2.45, 2.75) is 57.3 Å². The Hall–Kier alpha value is -1.85. The van der Waals surface area contributed by atoms with E-state index in [9.17, 15) is 4.79 Å². The molecule has 1 amide bonds. The van der Waals surface area contributed by atoms with Gasteiger partial charge in [0.2, 0.25) is 0 Å². The van der Waals surface area contributed by atoms with Crippen LogP contribution < -0.4 is 5.32 Å². The van der Waals surface area contributed by atoms with Gasteiger partial charge in [-0.05, 0) is 38.2 Å². The molecule has 0 saturated carbocycles. The van der Waals surface area contributed by atoms with Crippen molar-refractivity contribution in [3.63, 3.8) is 0 Å². The Bertz CT molecular complexity index is 748. The summed E-state index contributed by atoms with van der Waals surface area (Å²) in [6, 6.07) is 11.7. The second-order valence-corrected chi connectivity index (χ2v) is 7.47. The SMILES string of the molecule is Cc1c(C(=O)N(C)C2CC3CCC(C2)N3)cnn1Cc1ccccc1.Cl. The first-order valence-corrected chi connectivity index (χ1v) is 9.21. The predicted molar refractivity (Wildman–Crippen MR) is 105 cm³/mol. The number of fused-ring (bicyclic) bond motifs is 2.